The second kappa shape index (κ2) is 8.43. The standard InChI is InChI=1S/C13H27N3/c1-2-10-15-13(14)16-11-6-9-12-7-4-3-5-8-12/h12H,2-11H2,1H3,(H3,14,15,16). The Kier molecular flexibility index (Phi) is 7.02. The molecule has 1 saturated carbocycles. The molecular formula is C13H27N3. The quantitative estimate of drug-likeness (QED) is 0.415. The Morgan fingerprint density at radius 1 is 1.31 bits per heavy atom. The fourth-order valence-corrected chi connectivity index (χ4v) is 2.37. The number of nitrogens with two attached hydrogens (primary N) is 1. The van der Waals surface area contributed by atoms with Gasteiger partial charge in [0.2, 0.25) is 0 Å². The average molecular weight is 225 g/mol. The van der Waals surface area contributed by atoms with Crippen molar-refractivity contribution >= 4 is 5.96 Å². The van der Waals surface area contributed by atoms with Gasteiger partial charge >= 0.3 is 0 Å². The molecule has 0 aliphatic heterocycles. The van der Waals surface area contributed by atoms with Gasteiger partial charge < -0.3 is 11.1 Å². The van der Waals surface area contributed by atoms with E-state index < -0.39 is 0 Å². The molecule has 1 fully saturated rings. The van der Waals surface area contributed by atoms with Crippen LogP contribution in [0.3, 0.4) is 0 Å². The molecule has 0 radical (unpaired) electrons. The smallest absolute Gasteiger partial charge is 0.188 e. The topological polar surface area (TPSA) is 50.4 Å². The molecule has 16 heavy (non-hydrogen) atoms. The fraction of sp³-hybridized carbons (Fsp3) is 0.923. The van der Waals surface area contributed by atoms with E-state index in [9.17, 15) is 0 Å². The molecule has 0 amide bonds. The molecule has 0 aromatic rings. The van der Waals surface area contributed by atoms with E-state index in [1.54, 1.807) is 0 Å². The zero-order chi connectivity index (χ0) is 11.6. The first-order valence-electron chi connectivity index (χ1n) is 6.86. The highest BCUT2D eigenvalue weighted by Crippen LogP contribution is 2.26. The van der Waals surface area contributed by atoms with Gasteiger partial charge in [0.05, 0.1) is 0 Å². The van der Waals surface area contributed by atoms with E-state index in [1.807, 2.05) is 0 Å². The molecule has 0 bridgehead atoms. The Hall–Kier alpha value is -0.730. The Labute approximate surface area is 99.9 Å². The molecule has 0 heterocycles. The van der Waals surface area contributed by atoms with Gasteiger partial charge in [0, 0.05) is 13.1 Å². The lowest BCUT2D eigenvalue weighted by atomic mass is 9.86. The molecule has 1 rings (SSSR count). The van der Waals surface area contributed by atoms with Crippen LogP contribution in [0.4, 0.5) is 0 Å². The van der Waals surface area contributed by atoms with Crippen LogP contribution in [0.1, 0.15) is 58.3 Å². The first kappa shape index (κ1) is 13.3. The van der Waals surface area contributed by atoms with Gasteiger partial charge in [-0.2, -0.15) is 0 Å². The van der Waals surface area contributed by atoms with Crippen molar-refractivity contribution in [2.75, 3.05) is 13.1 Å². The van der Waals surface area contributed by atoms with Crippen molar-refractivity contribution < 1.29 is 0 Å². The minimum atomic E-state index is 0.616. The van der Waals surface area contributed by atoms with Crippen molar-refractivity contribution in [2.45, 2.75) is 58.3 Å². The van der Waals surface area contributed by atoms with E-state index >= 15 is 0 Å². The second-order valence-electron chi connectivity index (χ2n) is 4.84. The summed E-state index contributed by atoms with van der Waals surface area (Å²) in [6.45, 7) is 3.93. The molecule has 3 heteroatoms. The van der Waals surface area contributed by atoms with E-state index in [4.69, 9.17) is 5.73 Å². The minimum absolute atomic E-state index is 0.616. The van der Waals surface area contributed by atoms with Crippen molar-refractivity contribution in [3.05, 3.63) is 0 Å². The van der Waals surface area contributed by atoms with Crippen LogP contribution in [0.25, 0.3) is 0 Å². The van der Waals surface area contributed by atoms with E-state index in [1.165, 1.54) is 44.9 Å². The summed E-state index contributed by atoms with van der Waals surface area (Å²) in [6, 6.07) is 0. The van der Waals surface area contributed by atoms with Crippen molar-refractivity contribution in [1.82, 2.24) is 5.32 Å². The monoisotopic (exact) mass is 225 g/mol. The summed E-state index contributed by atoms with van der Waals surface area (Å²) in [5.41, 5.74) is 5.72. The highest BCUT2D eigenvalue weighted by molar-refractivity contribution is 5.77. The molecule has 0 atom stereocenters. The Bertz CT molecular complexity index is 195. The van der Waals surface area contributed by atoms with Crippen molar-refractivity contribution in [3.8, 4) is 0 Å². The molecule has 0 aromatic carbocycles. The van der Waals surface area contributed by atoms with Crippen LogP contribution in [-0.2, 0) is 0 Å². The van der Waals surface area contributed by atoms with Crippen LogP contribution in [0.2, 0.25) is 0 Å². The molecular weight excluding hydrogens is 198 g/mol. The summed E-state index contributed by atoms with van der Waals surface area (Å²) in [6.07, 6.45) is 10.9. The van der Waals surface area contributed by atoms with E-state index in [0.29, 0.717) is 5.96 Å². The van der Waals surface area contributed by atoms with Gasteiger partial charge in [0.15, 0.2) is 5.96 Å². The molecule has 0 spiro atoms. The van der Waals surface area contributed by atoms with Crippen LogP contribution in [0.5, 0.6) is 0 Å². The largest absolute Gasteiger partial charge is 0.370 e. The van der Waals surface area contributed by atoms with Gasteiger partial charge in [-0.15, -0.1) is 0 Å². The van der Waals surface area contributed by atoms with Gasteiger partial charge in [-0.1, -0.05) is 39.0 Å². The van der Waals surface area contributed by atoms with E-state index in [2.05, 4.69) is 17.2 Å². The van der Waals surface area contributed by atoms with Crippen LogP contribution < -0.4 is 11.1 Å². The van der Waals surface area contributed by atoms with E-state index in [0.717, 1.165) is 25.4 Å². The van der Waals surface area contributed by atoms with Crippen LogP contribution >= 0.6 is 0 Å². The summed E-state index contributed by atoms with van der Waals surface area (Å²) >= 11 is 0. The molecule has 1 aliphatic rings. The number of hydrogen-bond donors (Lipinski definition) is 2. The number of nitrogens with zero attached hydrogens (tertiary/aromatic N) is 1. The number of guanidine groups is 1. The lowest BCUT2D eigenvalue weighted by Crippen LogP contribution is -2.32. The summed E-state index contributed by atoms with van der Waals surface area (Å²) in [5.74, 6) is 1.59. The average Bonchev–Trinajstić information content (AvgIpc) is 2.33. The van der Waals surface area contributed by atoms with Crippen LogP contribution in [0.15, 0.2) is 4.99 Å². The zero-order valence-electron chi connectivity index (χ0n) is 10.7. The number of nitrogens with one attached hydrogen (secondary N) is 1. The molecule has 1 aliphatic carbocycles. The molecule has 3 N–H and O–H groups in total. The Morgan fingerprint density at radius 2 is 2.06 bits per heavy atom. The molecule has 0 unspecified atom stereocenters. The van der Waals surface area contributed by atoms with Crippen LogP contribution in [0, 0.1) is 5.92 Å². The lowest BCUT2D eigenvalue weighted by molar-refractivity contribution is 0.332. The highest BCUT2D eigenvalue weighted by atomic mass is 15.1. The third kappa shape index (κ3) is 5.99. The van der Waals surface area contributed by atoms with Gasteiger partial charge in [-0.25, -0.2) is 0 Å². The third-order valence-corrected chi connectivity index (χ3v) is 3.33. The summed E-state index contributed by atoms with van der Waals surface area (Å²) in [4.78, 5) is 4.21. The SMILES string of the molecule is CCCN=C(N)NCCCC1CCCCC1. The molecule has 3 nitrogen and oxygen atoms in total. The van der Waals surface area contributed by atoms with Gasteiger partial charge in [0.25, 0.3) is 0 Å². The van der Waals surface area contributed by atoms with E-state index in [-0.39, 0.29) is 0 Å². The summed E-state index contributed by atoms with van der Waals surface area (Å²) < 4.78 is 0. The Balaban J connectivity index is 1.98. The minimum Gasteiger partial charge on any atom is -0.370 e. The van der Waals surface area contributed by atoms with Crippen molar-refractivity contribution in [3.63, 3.8) is 0 Å². The summed E-state index contributed by atoms with van der Waals surface area (Å²) in [7, 11) is 0. The summed E-state index contributed by atoms with van der Waals surface area (Å²) in [5, 5.41) is 3.18. The van der Waals surface area contributed by atoms with Gasteiger partial charge in [0.1, 0.15) is 0 Å². The maximum Gasteiger partial charge on any atom is 0.188 e. The van der Waals surface area contributed by atoms with Crippen molar-refractivity contribution in [1.29, 1.82) is 0 Å². The predicted molar refractivity (Wildman–Crippen MR) is 70.6 cm³/mol. The first-order chi connectivity index (χ1) is 7.83. The predicted octanol–water partition coefficient (Wildman–Crippen LogP) is 2.66. The van der Waals surface area contributed by atoms with Crippen LogP contribution in [-0.4, -0.2) is 19.0 Å². The lowest BCUT2D eigenvalue weighted by Gasteiger charge is -2.21. The normalized spacial score (nSPS) is 18.7. The molecule has 0 aromatic heterocycles. The Morgan fingerprint density at radius 3 is 2.75 bits per heavy atom. The fourth-order valence-electron chi connectivity index (χ4n) is 2.37. The van der Waals surface area contributed by atoms with Crippen molar-refractivity contribution in [2.24, 2.45) is 16.6 Å². The highest BCUT2D eigenvalue weighted by Gasteiger charge is 2.12. The number of rotatable bonds is 6. The number of aliphatic imine (C=N–C) groups is 1. The van der Waals surface area contributed by atoms with Gasteiger partial charge in [-0.05, 0) is 25.2 Å². The zero-order valence-corrected chi connectivity index (χ0v) is 10.7. The molecule has 0 saturated heterocycles. The maximum absolute atomic E-state index is 5.72. The second-order valence-corrected chi connectivity index (χ2v) is 4.84. The molecule has 94 valence electrons. The first-order valence-corrected chi connectivity index (χ1v) is 6.86. The maximum atomic E-state index is 5.72. The van der Waals surface area contributed by atoms with Gasteiger partial charge in [-0.3, -0.25) is 4.99 Å². The third-order valence-electron chi connectivity index (χ3n) is 3.33. The number of hydrogen-bond acceptors (Lipinski definition) is 1.